The van der Waals surface area contributed by atoms with Gasteiger partial charge in [0.1, 0.15) is 5.82 Å². The summed E-state index contributed by atoms with van der Waals surface area (Å²) in [7, 11) is 0. The van der Waals surface area contributed by atoms with E-state index in [9.17, 15) is 17.6 Å². The van der Waals surface area contributed by atoms with Gasteiger partial charge in [-0.25, -0.2) is 4.39 Å². The molecule has 0 saturated heterocycles. The first-order valence-electron chi connectivity index (χ1n) is 5.03. The average Bonchev–Trinajstić information content (AvgIpc) is 2.26. The Labute approximate surface area is 93.3 Å². The van der Waals surface area contributed by atoms with Gasteiger partial charge >= 0.3 is 6.18 Å². The standard InChI is InChI=1S/C7H5F4N.2C2H6/c8-5-2-1-4(3-6(5)12)7(9,10)11;2*1-2/h1-3H,12H2;2*1-2H3. The molecule has 0 aliphatic heterocycles. The third kappa shape index (κ3) is 5.58. The molecule has 0 saturated carbocycles. The number of nitrogen functional groups attached to an aromatic ring is 1. The van der Waals surface area contributed by atoms with Gasteiger partial charge in [0, 0.05) is 0 Å². The van der Waals surface area contributed by atoms with Crippen LogP contribution in [0.25, 0.3) is 0 Å². The highest BCUT2D eigenvalue weighted by Gasteiger charge is 2.30. The highest BCUT2D eigenvalue weighted by Crippen LogP contribution is 2.30. The summed E-state index contributed by atoms with van der Waals surface area (Å²) in [5.74, 6) is -0.844. The van der Waals surface area contributed by atoms with Crippen LogP contribution in [-0.4, -0.2) is 0 Å². The summed E-state index contributed by atoms with van der Waals surface area (Å²) in [5, 5.41) is 0. The lowest BCUT2D eigenvalue weighted by atomic mass is 10.2. The third-order valence-corrected chi connectivity index (χ3v) is 1.32. The molecule has 1 aromatic carbocycles. The fraction of sp³-hybridized carbons (Fsp3) is 0.455. The number of benzene rings is 1. The highest BCUT2D eigenvalue weighted by atomic mass is 19.4. The van der Waals surface area contributed by atoms with E-state index < -0.39 is 23.2 Å². The first-order valence-corrected chi connectivity index (χ1v) is 5.03. The lowest BCUT2D eigenvalue weighted by Gasteiger charge is -2.06. The van der Waals surface area contributed by atoms with E-state index in [0.717, 1.165) is 0 Å². The number of alkyl halides is 3. The Morgan fingerprint density at radius 3 is 1.75 bits per heavy atom. The van der Waals surface area contributed by atoms with Crippen LogP contribution in [0.1, 0.15) is 33.3 Å². The fourth-order valence-corrected chi connectivity index (χ4v) is 0.720. The summed E-state index contributed by atoms with van der Waals surface area (Å²) in [6.45, 7) is 8.00. The topological polar surface area (TPSA) is 26.0 Å². The molecule has 0 spiro atoms. The van der Waals surface area contributed by atoms with E-state index >= 15 is 0 Å². The molecule has 1 nitrogen and oxygen atoms in total. The van der Waals surface area contributed by atoms with Crippen LogP contribution in [0.5, 0.6) is 0 Å². The Hall–Kier alpha value is -1.26. The van der Waals surface area contributed by atoms with E-state index in [4.69, 9.17) is 5.73 Å². The van der Waals surface area contributed by atoms with Crippen molar-refractivity contribution in [3.63, 3.8) is 0 Å². The van der Waals surface area contributed by atoms with Gasteiger partial charge in [0.15, 0.2) is 0 Å². The van der Waals surface area contributed by atoms with Crippen molar-refractivity contribution in [1.29, 1.82) is 0 Å². The molecule has 1 rings (SSSR count). The maximum Gasteiger partial charge on any atom is 0.416 e. The van der Waals surface area contributed by atoms with Crippen LogP contribution in [0.4, 0.5) is 23.2 Å². The normalized spacial score (nSPS) is 9.50. The van der Waals surface area contributed by atoms with Crippen LogP contribution >= 0.6 is 0 Å². The molecule has 0 aromatic heterocycles. The first kappa shape index (κ1) is 17.1. The maximum atomic E-state index is 12.4. The van der Waals surface area contributed by atoms with Gasteiger partial charge < -0.3 is 5.73 Å². The molecular weight excluding hydrogens is 222 g/mol. The molecule has 94 valence electrons. The summed E-state index contributed by atoms with van der Waals surface area (Å²) in [4.78, 5) is 0. The minimum atomic E-state index is -4.47. The predicted molar refractivity (Wildman–Crippen MR) is 58.5 cm³/mol. The van der Waals surface area contributed by atoms with Crippen LogP contribution in [0.2, 0.25) is 0 Å². The van der Waals surface area contributed by atoms with E-state index in [1.165, 1.54) is 0 Å². The van der Waals surface area contributed by atoms with Crippen molar-refractivity contribution in [2.24, 2.45) is 0 Å². The Morgan fingerprint density at radius 2 is 1.44 bits per heavy atom. The number of anilines is 1. The van der Waals surface area contributed by atoms with Crippen molar-refractivity contribution in [2.75, 3.05) is 5.73 Å². The molecule has 16 heavy (non-hydrogen) atoms. The molecule has 0 amide bonds. The van der Waals surface area contributed by atoms with E-state index in [0.29, 0.717) is 18.2 Å². The van der Waals surface area contributed by atoms with Crippen LogP contribution in [0.3, 0.4) is 0 Å². The second-order valence-electron chi connectivity index (χ2n) is 2.23. The lowest BCUT2D eigenvalue weighted by molar-refractivity contribution is -0.137. The van der Waals surface area contributed by atoms with Crippen molar-refractivity contribution in [1.82, 2.24) is 0 Å². The maximum absolute atomic E-state index is 12.4. The van der Waals surface area contributed by atoms with Gasteiger partial charge in [-0.05, 0) is 18.2 Å². The van der Waals surface area contributed by atoms with Gasteiger partial charge in [0.2, 0.25) is 0 Å². The largest absolute Gasteiger partial charge is 0.416 e. The summed E-state index contributed by atoms with van der Waals surface area (Å²) < 4.78 is 48.2. The minimum absolute atomic E-state index is 0.496. The quantitative estimate of drug-likeness (QED) is 0.524. The zero-order valence-corrected chi connectivity index (χ0v) is 9.82. The summed E-state index contributed by atoms with van der Waals surface area (Å²) in [6.07, 6.45) is -4.47. The van der Waals surface area contributed by atoms with Crippen LogP contribution < -0.4 is 5.73 Å². The van der Waals surface area contributed by atoms with Gasteiger partial charge in [0.25, 0.3) is 0 Å². The van der Waals surface area contributed by atoms with Gasteiger partial charge in [-0.15, -0.1) is 0 Å². The number of rotatable bonds is 0. The second-order valence-corrected chi connectivity index (χ2v) is 2.23. The van der Waals surface area contributed by atoms with Crippen molar-refractivity contribution in [3.8, 4) is 0 Å². The molecular formula is C11H17F4N. The zero-order chi connectivity index (χ0) is 13.4. The lowest BCUT2D eigenvalue weighted by Crippen LogP contribution is -2.06. The molecule has 5 heteroatoms. The van der Waals surface area contributed by atoms with Gasteiger partial charge in [0.05, 0.1) is 11.3 Å². The highest BCUT2D eigenvalue weighted by molar-refractivity contribution is 5.43. The van der Waals surface area contributed by atoms with Crippen molar-refractivity contribution in [2.45, 2.75) is 33.9 Å². The Morgan fingerprint density at radius 1 is 1.00 bits per heavy atom. The average molecular weight is 239 g/mol. The Kier molecular flexibility index (Phi) is 8.53. The van der Waals surface area contributed by atoms with Gasteiger partial charge in [-0.1, -0.05) is 27.7 Å². The smallest absolute Gasteiger partial charge is 0.396 e. The zero-order valence-electron chi connectivity index (χ0n) is 9.82. The Bertz CT molecular complexity index is 295. The molecule has 0 aliphatic carbocycles. The molecule has 0 radical (unpaired) electrons. The molecule has 0 bridgehead atoms. The van der Waals surface area contributed by atoms with Crippen LogP contribution in [0.15, 0.2) is 18.2 Å². The number of hydrogen-bond acceptors (Lipinski definition) is 1. The third-order valence-electron chi connectivity index (χ3n) is 1.32. The summed E-state index contributed by atoms with van der Waals surface area (Å²) >= 11 is 0. The number of hydrogen-bond donors (Lipinski definition) is 1. The van der Waals surface area contributed by atoms with E-state index in [2.05, 4.69) is 0 Å². The van der Waals surface area contributed by atoms with Gasteiger partial charge in [-0.2, -0.15) is 13.2 Å². The van der Waals surface area contributed by atoms with Crippen LogP contribution in [-0.2, 0) is 6.18 Å². The fourth-order valence-electron chi connectivity index (χ4n) is 0.720. The molecule has 2 N–H and O–H groups in total. The predicted octanol–water partition coefficient (Wildman–Crippen LogP) is 4.48. The molecule has 1 aromatic rings. The van der Waals surface area contributed by atoms with E-state index in [1.54, 1.807) is 0 Å². The SMILES string of the molecule is CC.CC.Nc1cc(C(F)(F)F)ccc1F. The molecule has 0 heterocycles. The monoisotopic (exact) mass is 239 g/mol. The van der Waals surface area contributed by atoms with Crippen LogP contribution in [0, 0.1) is 5.82 Å². The van der Waals surface area contributed by atoms with Gasteiger partial charge in [-0.3, -0.25) is 0 Å². The number of halogens is 4. The molecule has 0 aliphatic rings. The minimum Gasteiger partial charge on any atom is -0.396 e. The number of nitrogens with two attached hydrogens (primary N) is 1. The van der Waals surface area contributed by atoms with Crippen molar-refractivity contribution >= 4 is 5.69 Å². The molecule has 0 atom stereocenters. The Balaban J connectivity index is 0. The molecule has 0 unspecified atom stereocenters. The van der Waals surface area contributed by atoms with Crippen molar-refractivity contribution in [3.05, 3.63) is 29.6 Å². The second kappa shape index (κ2) is 7.96. The first-order chi connectivity index (χ1) is 7.41. The molecule has 0 fully saturated rings. The summed E-state index contributed by atoms with van der Waals surface area (Å²) in [6, 6.07) is 1.90. The van der Waals surface area contributed by atoms with Crippen molar-refractivity contribution < 1.29 is 17.6 Å². The van der Waals surface area contributed by atoms with E-state index in [1.807, 2.05) is 27.7 Å². The summed E-state index contributed by atoms with van der Waals surface area (Å²) in [5.41, 5.74) is 3.50. The van der Waals surface area contributed by atoms with E-state index in [-0.39, 0.29) is 0 Å².